The zero-order chi connectivity index (χ0) is 12.1. The number of hydrazine groups is 1. The van der Waals surface area contributed by atoms with Crippen molar-refractivity contribution in [3.05, 3.63) is 29.8 Å². The second kappa shape index (κ2) is 5.54. The first-order chi connectivity index (χ1) is 8.28. The molecule has 1 aromatic rings. The minimum atomic E-state index is -0.166. The molecule has 5 nitrogen and oxygen atoms in total. The van der Waals surface area contributed by atoms with Crippen LogP contribution in [0.1, 0.15) is 12.0 Å². The van der Waals surface area contributed by atoms with E-state index in [1.54, 1.807) is 7.11 Å². The molecule has 3 N–H and O–H groups in total. The molecule has 2 rings (SSSR count). The van der Waals surface area contributed by atoms with Gasteiger partial charge >= 0.3 is 6.03 Å². The van der Waals surface area contributed by atoms with E-state index in [4.69, 9.17) is 4.74 Å². The normalized spacial score (nSPS) is 20.1. The average Bonchev–Trinajstić information content (AvgIpc) is 2.55. The Morgan fingerprint density at radius 3 is 2.82 bits per heavy atom. The van der Waals surface area contributed by atoms with Crippen LogP contribution in [0.2, 0.25) is 0 Å². The Balaban J connectivity index is 1.96. The molecule has 17 heavy (non-hydrogen) atoms. The number of rotatable bonds is 3. The summed E-state index contributed by atoms with van der Waals surface area (Å²) < 4.78 is 5.11. The molecule has 92 valence electrons. The number of urea groups is 1. The van der Waals surface area contributed by atoms with E-state index in [1.807, 2.05) is 24.3 Å². The summed E-state index contributed by atoms with van der Waals surface area (Å²) in [5.74, 6) is 0.849. The first kappa shape index (κ1) is 11.7. The third-order valence-electron chi connectivity index (χ3n) is 2.80. The molecular weight excluding hydrogens is 218 g/mol. The number of amides is 2. The van der Waals surface area contributed by atoms with E-state index in [-0.39, 0.29) is 12.1 Å². The average molecular weight is 235 g/mol. The minimum absolute atomic E-state index is 0.165. The molecule has 0 radical (unpaired) electrons. The zero-order valence-corrected chi connectivity index (χ0v) is 9.82. The number of carbonyl (C=O) groups excluding carboxylic acids is 1. The Hall–Kier alpha value is -1.75. The van der Waals surface area contributed by atoms with Crippen LogP contribution in [0.4, 0.5) is 4.79 Å². The van der Waals surface area contributed by atoms with Gasteiger partial charge in [-0.15, -0.1) is 0 Å². The number of methoxy groups -OCH3 is 1. The van der Waals surface area contributed by atoms with Crippen molar-refractivity contribution in [2.75, 3.05) is 13.7 Å². The Bertz CT molecular complexity index is 378. The molecule has 5 heteroatoms. The fourth-order valence-electron chi connectivity index (χ4n) is 1.88. The van der Waals surface area contributed by atoms with Crippen molar-refractivity contribution in [1.82, 2.24) is 16.2 Å². The van der Waals surface area contributed by atoms with E-state index >= 15 is 0 Å². The lowest BCUT2D eigenvalue weighted by atomic mass is 10.0. The summed E-state index contributed by atoms with van der Waals surface area (Å²) in [4.78, 5) is 11.3. The molecule has 1 aliphatic rings. The Morgan fingerprint density at radius 1 is 1.35 bits per heavy atom. The highest BCUT2D eigenvalue weighted by molar-refractivity contribution is 5.73. The molecule has 1 saturated heterocycles. The lowest BCUT2D eigenvalue weighted by Gasteiger charge is -2.14. The van der Waals surface area contributed by atoms with Crippen LogP contribution in [0.5, 0.6) is 5.75 Å². The van der Waals surface area contributed by atoms with Crippen LogP contribution >= 0.6 is 0 Å². The zero-order valence-electron chi connectivity index (χ0n) is 9.82. The maximum Gasteiger partial charge on any atom is 0.329 e. The molecule has 1 fully saturated rings. The summed E-state index contributed by atoms with van der Waals surface area (Å²) in [7, 11) is 1.65. The molecule has 1 unspecified atom stereocenters. The van der Waals surface area contributed by atoms with Crippen molar-refractivity contribution < 1.29 is 9.53 Å². The predicted octanol–water partition coefficient (Wildman–Crippen LogP) is 0.814. The van der Waals surface area contributed by atoms with Gasteiger partial charge in [0, 0.05) is 12.6 Å². The first-order valence-corrected chi connectivity index (χ1v) is 5.70. The summed E-state index contributed by atoms with van der Waals surface area (Å²) in [5, 5.41) is 2.91. The Labute approximate surface area is 101 Å². The number of benzene rings is 1. The lowest BCUT2D eigenvalue weighted by Crippen LogP contribution is -2.43. The van der Waals surface area contributed by atoms with Crippen LogP contribution in [0.3, 0.4) is 0 Å². The van der Waals surface area contributed by atoms with Gasteiger partial charge in [-0.25, -0.2) is 10.2 Å². The lowest BCUT2D eigenvalue weighted by molar-refractivity contribution is 0.237. The van der Waals surface area contributed by atoms with Crippen molar-refractivity contribution in [3.8, 4) is 5.75 Å². The number of ether oxygens (including phenoxy) is 1. The van der Waals surface area contributed by atoms with Gasteiger partial charge in [-0.2, -0.15) is 0 Å². The standard InChI is InChI=1S/C12H17N3O2/c1-17-11-4-2-9(3-5-11)8-10-6-7-13-15-12(16)14-10/h2-5,10,13H,6-8H2,1H3,(H2,14,15,16). The van der Waals surface area contributed by atoms with Gasteiger partial charge in [0.1, 0.15) is 5.75 Å². The van der Waals surface area contributed by atoms with Crippen molar-refractivity contribution in [2.24, 2.45) is 0 Å². The van der Waals surface area contributed by atoms with E-state index in [1.165, 1.54) is 5.56 Å². The topological polar surface area (TPSA) is 62.4 Å². The summed E-state index contributed by atoms with van der Waals surface area (Å²) >= 11 is 0. The highest BCUT2D eigenvalue weighted by Crippen LogP contribution is 2.13. The van der Waals surface area contributed by atoms with Gasteiger partial charge in [0.25, 0.3) is 0 Å². The summed E-state index contributed by atoms with van der Waals surface area (Å²) in [6.07, 6.45) is 1.74. The molecule has 1 aromatic carbocycles. The number of nitrogens with one attached hydrogen (secondary N) is 3. The van der Waals surface area contributed by atoms with E-state index in [2.05, 4.69) is 16.2 Å². The number of hydrogen-bond acceptors (Lipinski definition) is 3. The SMILES string of the molecule is COc1ccc(CC2CCNNC(=O)N2)cc1. The van der Waals surface area contributed by atoms with Gasteiger partial charge in [-0.05, 0) is 30.5 Å². The maximum absolute atomic E-state index is 11.3. The minimum Gasteiger partial charge on any atom is -0.497 e. The van der Waals surface area contributed by atoms with Gasteiger partial charge in [0.05, 0.1) is 7.11 Å². The number of hydrogen-bond donors (Lipinski definition) is 3. The Kier molecular flexibility index (Phi) is 3.82. The molecule has 1 atom stereocenters. The fourth-order valence-corrected chi connectivity index (χ4v) is 1.88. The molecule has 0 saturated carbocycles. The highest BCUT2D eigenvalue weighted by Gasteiger charge is 2.15. The van der Waals surface area contributed by atoms with Crippen LogP contribution < -0.4 is 20.9 Å². The number of carbonyl (C=O) groups is 1. The molecule has 0 spiro atoms. The van der Waals surface area contributed by atoms with Gasteiger partial charge in [0.15, 0.2) is 0 Å². The van der Waals surface area contributed by atoms with E-state index < -0.39 is 0 Å². The molecule has 0 aromatic heterocycles. The fraction of sp³-hybridized carbons (Fsp3) is 0.417. The first-order valence-electron chi connectivity index (χ1n) is 5.70. The third kappa shape index (κ3) is 3.35. The van der Waals surface area contributed by atoms with Crippen LogP contribution in [-0.4, -0.2) is 25.7 Å². The Morgan fingerprint density at radius 2 is 2.12 bits per heavy atom. The molecular formula is C12H17N3O2. The van der Waals surface area contributed by atoms with Gasteiger partial charge in [0.2, 0.25) is 0 Å². The smallest absolute Gasteiger partial charge is 0.329 e. The van der Waals surface area contributed by atoms with Crippen LogP contribution in [0.25, 0.3) is 0 Å². The molecule has 0 aliphatic carbocycles. The maximum atomic E-state index is 11.3. The monoisotopic (exact) mass is 235 g/mol. The second-order valence-corrected chi connectivity index (χ2v) is 4.06. The highest BCUT2D eigenvalue weighted by atomic mass is 16.5. The van der Waals surface area contributed by atoms with Crippen LogP contribution in [0.15, 0.2) is 24.3 Å². The summed E-state index contributed by atoms with van der Waals surface area (Å²) in [6.45, 7) is 0.777. The van der Waals surface area contributed by atoms with Crippen LogP contribution in [0, 0.1) is 0 Å². The molecule has 0 bridgehead atoms. The molecule has 1 aliphatic heterocycles. The molecule has 2 amide bonds. The van der Waals surface area contributed by atoms with Crippen molar-refractivity contribution in [2.45, 2.75) is 18.9 Å². The second-order valence-electron chi connectivity index (χ2n) is 4.06. The van der Waals surface area contributed by atoms with E-state index in [9.17, 15) is 4.79 Å². The van der Waals surface area contributed by atoms with Crippen LogP contribution in [-0.2, 0) is 6.42 Å². The van der Waals surface area contributed by atoms with Crippen molar-refractivity contribution >= 4 is 6.03 Å². The van der Waals surface area contributed by atoms with Gasteiger partial charge < -0.3 is 10.1 Å². The quantitative estimate of drug-likeness (QED) is 0.726. The van der Waals surface area contributed by atoms with Gasteiger partial charge in [-0.3, -0.25) is 5.43 Å². The third-order valence-corrected chi connectivity index (χ3v) is 2.80. The molecule has 1 heterocycles. The van der Waals surface area contributed by atoms with E-state index in [0.29, 0.717) is 0 Å². The van der Waals surface area contributed by atoms with E-state index in [0.717, 1.165) is 25.1 Å². The summed E-state index contributed by atoms with van der Waals surface area (Å²) in [6, 6.07) is 7.92. The van der Waals surface area contributed by atoms with Gasteiger partial charge in [-0.1, -0.05) is 12.1 Å². The van der Waals surface area contributed by atoms with Crippen molar-refractivity contribution in [1.29, 1.82) is 0 Å². The largest absolute Gasteiger partial charge is 0.497 e. The predicted molar refractivity (Wildman–Crippen MR) is 64.8 cm³/mol. The van der Waals surface area contributed by atoms with Crippen molar-refractivity contribution in [3.63, 3.8) is 0 Å². The summed E-state index contributed by atoms with van der Waals surface area (Å²) in [5.41, 5.74) is 6.60.